The molecule has 7 heteroatoms. The Hall–Kier alpha value is -2.99. The van der Waals surface area contributed by atoms with E-state index in [1.165, 1.54) is 12.0 Å². The number of ether oxygens (including phenoxy) is 2. The number of carbonyl (C=O) groups is 2. The van der Waals surface area contributed by atoms with E-state index in [1.807, 2.05) is 6.07 Å². The Morgan fingerprint density at radius 1 is 1.06 bits per heavy atom. The largest absolute Gasteiger partial charge is 0.507 e. The van der Waals surface area contributed by atoms with Crippen LogP contribution in [0.3, 0.4) is 0 Å². The van der Waals surface area contributed by atoms with Crippen LogP contribution >= 0.6 is 11.6 Å². The molecule has 2 aromatic rings. The van der Waals surface area contributed by atoms with Gasteiger partial charge in [0.25, 0.3) is 11.7 Å². The van der Waals surface area contributed by atoms with Crippen LogP contribution in [0, 0.1) is 0 Å². The van der Waals surface area contributed by atoms with Crippen molar-refractivity contribution in [1.82, 2.24) is 4.90 Å². The van der Waals surface area contributed by atoms with Crippen molar-refractivity contribution >= 4 is 29.1 Å². The van der Waals surface area contributed by atoms with Crippen LogP contribution in [-0.2, 0) is 9.59 Å². The molecule has 1 fully saturated rings. The SMILES string of the molecule is CCCCCN1C(=O)C(=O)/C(=C(/O)c2cc(OC)ccc2Cl)C1c1cccc(OC)c1. The zero-order valence-corrected chi connectivity index (χ0v) is 18.6. The molecule has 1 amide bonds. The predicted octanol–water partition coefficient (Wildman–Crippen LogP) is 4.97. The smallest absolute Gasteiger partial charge is 0.295 e. The third kappa shape index (κ3) is 4.54. The van der Waals surface area contributed by atoms with E-state index in [1.54, 1.807) is 43.5 Å². The van der Waals surface area contributed by atoms with Gasteiger partial charge in [0.05, 0.1) is 30.9 Å². The highest BCUT2D eigenvalue weighted by atomic mass is 35.5. The van der Waals surface area contributed by atoms with Gasteiger partial charge >= 0.3 is 0 Å². The quantitative estimate of drug-likeness (QED) is 0.270. The second kappa shape index (κ2) is 9.88. The number of aliphatic hydroxyl groups excluding tert-OH is 1. The third-order valence-corrected chi connectivity index (χ3v) is 5.71. The molecule has 1 heterocycles. The molecule has 2 aromatic carbocycles. The van der Waals surface area contributed by atoms with Gasteiger partial charge in [0, 0.05) is 12.1 Å². The Kier molecular flexibility index (Phi) is 7.23. The molecule has 31 heavy (non-hydrogen) atoms. The highest BCUT2D eigenvalue weighted by Gasteiger charge is 2.46. The van der Waals surface area contributed by atoms with Gasteiger partial charge in [0.1, 0.15) is 17.3 Å². The molecule has 1 aliphatic heterocycles. The molecule has 3 rings (SSSR count). The molecule has 1 saturated heterocycles. The molecule has 0 spiro atoms. The van der Waals surface area contributed by atoms with Gasteiger partial charge in [-0.15, -0.1) is 0 Å². The first kappa shape index (κ1) is 22.7. The molecule has 0 saturated carbocycles. The van der Waals surface area contributed by atoms with Crippen LogP contribution in [0.4, 0.5) is 0 Å². The maximum atomic E-state index is 13.1. The fraction of sp³-hybridized carbons (Fsp3) is 0.333. The highest BCUT2D eigenvalue weighted by molar-refractivity contribution is 6.47. The summed E-state index contributed by atoms with van der Waals surface area (Å²) >= 11 is 6.31. The number of hydrogen-bond acceptors (Lipinski definition) is 5. The lowest BCUT2D eigenvalue weighted by Gasteiger charge is -2.25. The molecule has 0 radical (unpaired) electrons. The summed E-state index contributed by atoms with van der Waals surface area (Å²) in [4.78, 5) is 27.5. The molecule has 1 atom stereocenters. The van der Waals surface area contributed by atoms with E-state index < -0.39 is 17.7 Å². The zero-order valence-electron chi connectivity index (χ0n) is 17.9. The van der Waals surface area contributed by atoms with Gasteiger partial charge in [0.15, 0.2) is 0 Å². The van der Waals surface area contributed by atoms with E-state index >= 15 is 0 Å². The lowest BCUT2D eigenvalue weighted by atomic mass is 9.95. The Bertz CT molecular complexity index is 1020. The lowest BCUT2D eigenvalue weighted by molar-refractivity contribution is -0.139. The summed E-state index contributed by atoms with van der Waals surface area (Å²) in [7, 11) is 3.04. The van der Waals surface area contributed by atoms with Gasteiger partial charge in [-0.05, 0) is 42.3 Å². The normalized spacial score (nSPS) is 17.8. The van der Waals surface area contributed by atoms with Crippen LogP contribution in [0.25, 0.3) is 5.76 Å². The van der Waals surface area contributed by atoms with Crippen LogP contribution in [0.1, 0.15) is 43.4 Å². The number of hydrogen-bond donors (Lipinski definition) is 1. The minimum absolute atomic E-state index is 0.00454. The molecule has 0 bridgehead atoms. The van der Waals surface area contributed by atoms with E-state index in [4.69, 9.17) is 21.1 Å². The van der Waals surface area contributed by atoms with Gasteiger partial charge in [-0.3, -0.25) is 9.59 Å². The highest BCUT2D eigenvalue weighted by Crippen LogP contribution is 2.41. The molecular weight excluding hydrogens is 418 g/mol. The topological polar surface area (TPSA) is 76.1 Å². The fourth-order valence-corrected chi connectivity index (χ4v) is 3.97. The fourth-order valence-electron chi connectivity index (χ4n) is 3.76. The third-order valence-electron chi connectivity index (χ3n) is 5.38. The molecule has 0 aliphatic carbocycles. The molecular formula is C24H26ClNO5. The van der Waals surface area contributed by atoms with E-state index in [0.29, 0.717) is 23.6 Å². The Morgan fingerprint density at radius 3 is 2.45 bits per heavy atom. The van der Waals surface area contributed by atoms with Crippen molar-refractivity contribution in [1.29, 1.82) is 0 Å². The van der Waals surface area contributed by atoms with Gasteiger partial charge in [-0.25, -0.2) is 0 Å². The van der Waals surface area contributed by atoms with E-state index in [2.05, 4.69) is 6.92 Å². The number of halogens is 1. The molecule has 1 N–H and O–H groups in total. The summed E-state index contributed by atoms with van der Waals surface area (Å²) in [5.74, 6) is -0.629. The van der Waals surface area contributed by atoms with Gasteiger partial charge in [0.2, 0.25) is 0 Å². The molecule has 6 nitrogen and oxygen atoms in total. The Morgan fingerprint density at radius 2 is 1.77 bits per heavy atom. The van der Waals surface area contributed by atoms with Crippen LogP contribution in [0.5, 0.6) is 11.5 Å². The van der Waals surface area contributed by atoms with Crippen molar-refractivity contribution in [2.45, 2.75) is 32.2 Å². The zero-order chi connectivity index (χ0) is 22.5. The van der Waals surface area contributed by atoms with E-state index in [9.17, 15) is 14.7 Å². The summed E-state index contributed by atoms with van der Waals surface area (Å²) in [6.45, 7) is 2.47. The number of likely N-dealkylation sites (tertiary alicyclic amines) is 1. The summed E-state index contributed by atoms with van der Waals surface area (Å²) in [5.41, 5.74) is 0.918. The van der Waals surface area contributed by atoms with Crippen LogP contribution in [0.15, 0.2) is 48.0 Å². The van der Waals surface area contributed by atoms with Crippen molar-refractivity contribution in [3.8, 4) is 11.5 Å². The number of ketones is 1. The first-order valence-electron chi connectivity index (χ1n) is 10.2. The number of methoxy groups -OCH3 is 2. The number of Topliss-reactive ketones (excluding diaryl/α,β-unsaturated/α-hetero) is 1. The minimum Gasteiger partial charge on any atom is -0.507 e. The van der Waals surface area contributed by atoms with Gasteiger partial charge < -0.3 is 19.5 Å². The monoisotopic (exact) mass is 443 g/mol. The van der Waals surface area contributed by atoms with E-state index in [-0.39, 0.29) is 21.9 Å². The average Bonchev–Trinajstić information content (AvgIpc) is 3.04. The molecule has 164 valence electrons. The molecule has 1 aliphatic rings. The number of rotatable bonds is 8. The Balaban J connectivity index is 2.18. The summed E-state index contributed by atoms with van der Waals surface area (Å²) in [5, 5.41) is 11.4. The first-order chi connectivity index (χ1) is 14.9. The van der Waals surface area contributed by atoms with Crippen molar-refractivity contribution in [3.05, 3.63) is 64.2 Å². The van der Waals surface area contributed by atoms with Crippen molar-refractivity contribution in [3.63, 3.8) is 0 Å². The van der Waals surface area contributed by atoms with Crippen molar-refractivity contribution in [2.75, 3.05) is 20.8 Å². The van der Waals surface area contributed by atoms with Crippen LogP contribution < -0.4 is 9.47 Å². The number of nitrogens with zero attached hydrogens (tertiary/aromatic N) is 1. The van der Waals surface area contributed by atoms with Crippen LogP contribution in [0.2, 0.25) is 5.02 Å². The summed E-state index contributed by atoms with van der Waals surface area (Å²) in [6, 6.07) is 11.2. The second-order valence-corrected chi connectivity index (χ2v) is 7.73. The Labute approximate surface area is 187 Å². The van der Waals surface area contributed by atoms with Crippen LogP contribution in [-0.4, -0.2) is 42.5 Å². The second-order valence-electron chi connectivity index (χ2n) is 7.32. The van der Waals surface area contributed by atoms with Crippen molar-refractivity contribution in [2.24, 2.45) is 0 Å². The lowest BCUT2D eigenvalue weighted by Crippen LogP contribution is -2.30. The molecule has 1 unspecified atom stereocenters. The number of carbonyl (C=O) groups excluding carboxylic acids is 2. The minimum atomic E-state index is -0.741. The molecule has 0 aromatic heterocycles. The number of unbranched alkanes of at least 4 members (excludes halogenated alkanes) is 2. The summed E-state index contributed by atoms with van der Waals surface area (Å²) < 4.78 is 10.6. The van der Waals surface area contributed by atoms with E-state index in [0.717, 1.165) is 19.3 Å². The summed E-state index contributed by atoms with van der Waals surface area (Å²) in [6.07, 6.45) is 2.66. The maximum Gasteiger partial charge on any atom is 0.295 e. The van der Waals surface area contributed by atoms with Crippen molar-refractivity contribution < 1.29 is 24.2 Å². The first-order valence-corrected chi connectivity index (χ1v) is 10.6. The van der Waals surface area contributed by atoms with Gasteiger partial charge in [-0.2, -0.15) is 0 Å². The standard InChI is InChI=1S/C24H26ClNO5/c1-4-5-6-12-26-21(15-8-7-9-16(13-15)30-2)20(23(28)24(26)29)22(27)18-14-17(31-3)10-11-19(18)25/h7-11,13-14,21,27H,4-6,12H2,1-3H3/b22-20+. The number of aliphatic hydroxyl groups is 1. The number of benzene rings is 2. The predicted molar refractivity (Wildman–Crippen MR) is 120 cm³/mol. The maximum absolute atomic E-state index is 13.1. The van der Waals surface area contributed by atoms with Gasteiger partial charge in [-0.1, -0.05) is 43.5 Å². The average molecular weight is 444 g/mol. The number of amides is 1.